The highest BCUT2D eigenvalue weighted by Gasteiger charge is 2.16. The Balaban J connectivity index is 2.79. The summed E-state index contributed by atoms with van der Waals surface area (Å²) in [6.45, 7) is 1.93. The van der Waals surface area contributed by atoms with Crippen LogP contribution in [0, 0.1) is 6.92 Å². The molecule has 2 N–H and O–H groups in total. The number of aryl methyl sites for hydroxylation is 1. The van der Waals surface area contributed by atoms with E-state index in [0.29, 0.717) is 5.56 Å². The van der Waals surface area contributed by atoms with E-state index in [2.05, 4.69) is 15.9 Å². The quantitative estimate of drug-likeness (QED) is 0.922. The van der Waals surface area contributed by atoms with E-state index in [9.17, 15) is 8.42 Å². The number of halogens is 1. The fourth-order valence-corrected chi connectivity index (χ4v) is 2.93. The van der Waals surface area contributed by atoms with Gasteiger partial charge in [-0.2, -0.15) is 0 Å². The molecule has 0 saturated carbocycles. The minimum Gasteiger partial charge on any atom is -0.225 e. The molecule has 2 rings (SSSR count). The predicted molar refractivity (Wildman–Crippen MR) is 75.7 cm³/mol. The third-order valence-electron chi connectivity index (χ3n) is 2.68. The van der Waals surface area contributed by atoms with Gasteiger partial charge in [-0.3, -0.25) is 0 Å². The molecular formula is C13H12BrNO2S. The molecule has 0 aliphatic carbocycles. The van der Waals surface area contributed by atoms with E-state index in [0.717, 1.165) is 15.6 Å². The highest BCUT2D eigenvalue weighted by molar-refractivity contribution is 9.10. The van der Waals surface area contributed by atoms with Crippen molar-refractivity contribution in [2.75, 3.05) is 0 Å². The van der Waals surface area contributed by atoms with Gasteiger partial charge in [0.05, 0.1) is 4.90 Å². The van der Waals surface area contributed by atoms with Gasteiger partial charge in [0.15, 0.2) is 0 Å². The average molecular weight is 326 g/mol. The van der Waals surface area contributed by atoms with E-state index in [-0.39, 0.29) is 4.90 Å². The zero-order valence-electron chi connectivity index (χ0n) is 9.72. The summed E-state index contributed by atoms with van der Waals surface area (Å²) in [5.41, 5.74) is 2.48. The maximum atomic E-state index is 11.6. The average Bonchev–Trinajstić information content (AvgIpc) is 2.27. The van der Waals surface area contributed by atoms with E-state index in [4.69, 9.17) is 5.14 Å². The molecular weight excluding hydrogens is 314 g/mol. The lowest BCUT2D eigenvalue weighted by Crippen LogP contribution is -2.13. The standard InChI is InChI=1S/C13H12BrNO2S/c1-9-4-2-3-5-11(9)12-8-10(14)6-7-13(12)18(15,16)17/h2-8H,1H3,(H2,15,16,17). The van der Waals surface area contributed by atoms with Gasteiger partial charge in [0.2, 0.25) is 10.0 Å². The van der Waals surface area contributed by atoms with E-state index < -0.39 is 10.0 Å². The third kappa shape index (κ3) is 2.63. The van der Waals surface area contributed by atoms with Crippen molar-refractivity contribution in [1.82, 2.24) is 0 Å². The lowest BCUT2D eigenvalue weighted by atomic mass is 10.0. The molecule has 0 saturated heterocycles. The highest BCUT2D eigenvalue weighted by atomic mass is 79.9. The van der Waals surface area contributed by atoms with Gasteiger partial charge in [-0.15, -0.1) is 0 Å². The van der Waals surface area contributed by atoms with Crippen LogP contribution in [-0.2, 0) is 10.0 Å². The minimum atomic E-state index is -3.74. The first-order chi connectivity index (χ1) is 8.39. The zero-order valence-corrected chi connectivity index (χ0v) is 12.1. The molecule has 0 heterocycles. The molecule has 0 spiro atoms. The van der Waals surface area contributed by atoms with Crippen molar-refractivity contribution in [2.24, 2.45) is 5.14 Å². The number of hydrogen-bond donors (Lipinski definition) is 1. The van der Waals surface area contributed by atoms with Gasteiger partial charge in [-0.1, -0.05) is 40.2 Å². The minimum absolute atomic E-state index is 0.139. The van der Waals surface area contributed by atoms with Crippen LogP contribution in [0.4, 0.5) is 0 Å². The molecule has 0 amide bonds. The number of hydrogen-bond acceptors (Lipinski definition) is 2. The Morgan fingerprint density at radius 3 is 2.33 bits per heavy atom. The Labute approximate surface area is 115 Å². The molecule has 0 aliphatic heterocycles. The fourth-order valence-electron chi connectivity index (χ4n) is 1.84. The Morgan fingerprint density at radius 2 is 1.72 bits per heavy atom. The molecule has 5 heteroatoms. The summed E-state index contributed by atoms with van der Waals surface area (Å²) in [5, 5.41) is 5.25. The monoisotopic (exact) mass is 325 g/mol. The van der Waals surface area contributed by atoms with Crippen LogP contribution in [0.15, 0.2) is 51.8 Å². The summed E-state index contributed by atoms with van der Waals surface area (Å²) in [4.78, 5) is 0.139. The summed E-state index contributed by atoms with van der Waals surface area (Å²) in [6.07, 6.45) is 0. The van der Waals surface area contributed by atoms with Gasteiger partial charge in [-0.05, 0) is 36.2 Å². The van der Waals surface area contributed by atoms with E-state index >= 15 is 0 Å². The van der Waals surface area contributed by atoms with E-state index in [1.165, 1.54) is 6.07 Å². The van der Waals surface area contributed by atoms with Crippen molar-refractivity contribution in [1.29, 1.82) is 0 Å². The second kappa shape index (κ2) is 4.84. The van der Waals surface area contributed by atoms with E-state index in [1.807, 2.05) is 31.2 Å². The molecule has 0 radical (unpaired) electrons. The van der Waals surface area contributed by atoms with Gasteiger partial charge in [0.25, 0.3) is 0 Å². The topological polar surface area (TPSA) is 60.2 Å². The van der Waals surface area contributed by atoms with Gasteiger partial charge in [-0.25, -0.2) is 13.6 Å². The Bertz CT molecular complexity index is 696. The second-order valence-electron chi connectivity index (χ2n) is 4.00. The second-order valence-corrected chi connectivity index (χ2v) is 6.45. The normalized spacial score (nSPS) is 11.5. The Morgan fingerprint density at radius 1 is 1.06 bits per heavy atom. The third-order valence-corrected chi connectivity index (χ3v) is 4.15. The van der Waals surface area contributed by atoms with Crippen LogP contribution in [0.5, 0.6) is 0 Å². The van der Waals surface area contributed by atoms with Crippen molar-refractivity contribution < 1.29 is 8.42 Å². The highest BCUT2D eigenvalue weighted by Crippen LogP contribution is 2.31. The van der Waals surface area contributed by atoms with Gasteiger partial charge < -0.3 is 0 Å². The lowest BCUT2D eigenvalue weighted by Gasteiger charge is -2.11. The lowest BCUT2D eigenvalue weighted by molar-refractivity contribution is 0.598. The fraction of sp³-hybridized carbons (Fsp3) is 0.0769. The van der Waals surface area contributed by atoms with Crippen LogP contribution in [0.2, 0.25) is 0 Å². The summed E-state index contributed by atoms with van der Waals surface area (Å²) in [7, 11) is -3.74. The molecule has 0 bridgehead atoms. The van der Waals surface area contributed by atoms with Crippen LogP contribution in [0.25, 0.3) is 11.1 Å². The maximum absolute atomic E-state index is 11.6. The first-order valence-corrected chi connectivity index (χ1v) is 7.62. The molecule has 94 valence electrons. The molecule has 0 atom stereocenters. The molecule has 3 nitrogen and oxygen atoms in total. The van der Waals surface area contributed by atoms with Gasteiger partial charge in [0, 0.05) is 10.0 Å². The summed E-state index contributed by atoms with van der Waals surface area (Å²) < 4.78 is 24.0. The first-order valence-electron chi connectivity index (χ1n) is 5.28. The molecule has 2 aromatic carbocycles. The Kier molecular flexibility index (Phi) is 3.56. The number of nitrogens with two attached hydrogens (primary N) is 1. The SMILES string of the molecule is Cc1ccccc1-c1cc(Br)ccc1S(N)(=O)=O. The number of rotatable bonds is 2. The van der Waals surface area contributed by atoms with Crippen LogP contribution < -0.4 is 5.14 Å². The number of primary sulfonamides is 1. The molecule has 18 heavy (non-hydrogen) atoms. The summed E-state index contributed by atoms with van der Waals surface area (Å²) >= 11 is 3.35. The maximum Gasteiger partial charge on any atom is 0.238 e. The number of sulfonamides is 1. The predicted octanol–water partition coefficient (Wildman–Crippen LogP) is 3.07. The molecule has 0 unspecified atom stereocenters. The largest absolute Gasteiger partial charge is 0.238 e. The van der Waals surface area contributed by atoms with Gasteiger partial charge >= 0.3 is 0 Å². The molecule has 0 fully saturated rings. The smallest absolute Gasteiger partial charge is 0.225 e. The van der Waals surface area contributed by atoms with Crippen molar-refractivity contribution >= 4 is 26.0 Å². The molecule has 0 aliphatic rings. The van der Waals surface area contributed by atoms with Crippen molar-refractivity contribution in [3.8, 4) is 11.1 Å². The van der Waals surface area contributed by atoms with Crippen molar-refractivity contribution in [3.63, 3.8) is 0 Å². The summed E-state index contributed by atoms with van der Waals surface area (Å²) in [6, 6.07) is 12.5. The van der Waals surface area contributed by atoms with Crippen molar-refractivity contribution in [2.45, 2.75) is 11.8 Å². The molecule has 2 aromatic rings. The molecule has 0 aromatic heterocycles. The number of benzene rings is 2. The van der Waals surface area contributed by atoms with Crippen LogP contribution in [0.3, 0.4) is 0 Å². The van der Waals surface area contributed by atoms with Gasteiger partial charge in [0.1, 0.15) is 0 Å². The zero-order chi connectivity index (χ0) is 13.3. The first kappa shape index (κ1) is 13.3. The van der Waals surface area contributed by atoms with Crippen LogP contribution in [0.1, 0.15) is 5.56 Å². The van der Waals surface area contributed by atoms with Crippen molar-refractivity contribution in [3.05, 3.63) is 52.5 Å². The van der Waals surface area contributed by atoms with E-state index in [1.54, 1.807) is 12.1 Å². The van der Waals surface area contributed by atoms with Crippen LogP contribution in [-0.4, -0.2) is 8.42 Å². The van der Waals surface area contributed by atoms with Crippen LogP contribution >= 0.6 is 15.9 Å². The Hall–Kier alpha value is -1.17. The summed E-state index contributed by atoms with van der Waals surface area (Å²) in [5.74, 6) is 0.